The van der Waals surface area contributed by atoms with E-state index in [1.54, 1.807) is 29.4 Å². The fourth-order valence-electron chi connectivity index (χ4n) is 5.15. The number of benzene rings is 1. The van der Waals surface area contributed by atoms with Crippen LogP contribution in [0.15, 0.2) is 49.1 Å². The first kappa shape index (κ1) is 24.0. The second-order valence-electron chi connectivity index (χ2n) is 9.47. The van der Waals surface area contributed by atoms with E-state index >= 15 is 0 Å². The number of aliphatic carboxylic acids is 1. The molecule has 3 atom stereocenters. The van der Waals surface area contributed by atoms with Gasteiger partial charge in [-0.05, 0) is 36.8 Å². The molecule has 1 N–H and O–H groups in total. The molecule has 0 aliphatic carbocycles. The van der Waals surface area contributed by atoms with Crippen molar-refractivity contribution < 1.29 is 23.1 Å². The van der Waals surface area contributed by atoms with E-state index < -0.39 is 35.7 Å². The molecule has 0 unspecified atom stereocenters. The molecule has 9 nitrogen and oxygen atoms in total. The third-order valence-electron chi connectivity index (χ3n) is 7.06. The zero-order chi connectivity index (χ0) is 26.4. The van der Waals surface area contributed by atoms with Crippen molar-refractivity contribution >= 4 is 28.8 Å². The molecule has 1 aromatic carbocycles. The highest BCUT2D eigenvalue weighted by Gasteiger charge is 2.36. The summed E-state index contributed by atoms with van der Waals surface area (Å²) in [6, 6.07) is 5.84. The van der Waals surface area contributed by atoms with Gasteiger partial charge >= 0.3 is 5.97 Å². The van der Waals surface area contributed by atoms with Gasteiger partial charge in [-0.15, -0.1) is 0 Å². The molecular formula is C26H22F3N7O2. The fraction of sp³-hybridized carbons (Fsp3) is 0.308. The maximum absolute atomic E-state index is 14.6. The van der Waals surface area contributed by atoms with Crippen LogP contribution in [0.4, 0.5) is 24.9 Å². The summed E-state index contributed by atoms with van der Waals surface area (Å²) in [6.45, 7) is 0.873. The van der Waals surface area contributed by atoms with Crippen LogP contribution in [-0.4, -0.2) is 61.8 Å². The number of carbonyl (C=O) groups is 1. The number of rotatable bonds is 5. The van der Waals surface area contributed by atoms with E-state index in [1.807, 2.05) is 4.90 Å². The molecule has 3 aromatic heterocycles. The Morgan fingerprint density at radius 3 is 2.61 bits per heavy atom. The fourth-order valence-corrected chi connectivity index (χ4v) is 5.15. The first-order valence-electron chi connectivity index (χ1n) is 12.1. The Kier molecular flexibility index (Phi) is 6.01. The summed E-state index contributed by atoms with van der Waals surface area (Å²) in [5.41, 5.74) is 2.06. The molecule has 2 saturated heterocycles. The van der Waals surface area contributed by atoms with Crippen molar-refractivity contribution in [2.24, 2.45) is 5.92 Å². The Hall–Kier alpha value is -4.35. The van der Waals surface area contributed by atoms with Gasteiger partial charge in [0.2, 0.25) is 5.95 Å². The summed E-state index contributed by atoms with van der Waals surface area (Å²) < 4.78 is 43.0. The van der Waals surface area contributed by atoms with E-state index in [9.17, 15) is 23.1 Å². The Morgan fingerprint density at radius 2 is 1.84 bits per heavy atom. The van der Waals surface area contributed by atoms with E-state index in [0.29, 0.717) is 53.6 Å². The number of pyridine rings is 1. The van der Waals surface area contributed by atoms with Crippen molar-refractivity contribution in [2.75, 3.05) is 29.4 Å². The predicted molar refractivity (Wildman–Crippen MR) is 132 cm³/mol. The number of carboxylic acids is 1. The van der Waals surface area contributed by atoms with Gasteiger partial charge in [-0.25, -0.2) is 38.1 Å². The van der Waals surface area contributed by atoms with E-state index in [-0.39, 0.29) is 18.5 Å². The van der Waals surface area contributed by atoms with Crippen LogP contribution < -0.4 is 9.80 Å². The standard InChI is InChI=1S/C26H22F3N7O2/c27-16-1-2-19(29)18(7-16)21-8-17(28)12-36(21)22-4-3-20-24(34-22)23(33-13-32-20)15-9-30-26(31-10-15)35-6-5-14(11-35)25(37)38/h1-4,7,9-10,13-14,17,21H,5-6,8,11-12H2,(H,37,38)/t14-,17+,21-/m1/s1. The molecule has 0 bridgehead atoms. The molecule has 0 spiro atoms. The summed E-state index contributed by atoms with van der Waals surface area (Å²) in [4.78, 5) is 36.9. The van der Waals surface area contributed by atoms with Gasteiger partial charge in [-0.3, -0.25) is 4.79 Å². The molecule has 6 rings (SSSR count). The smallest absolute Gasteiger partial charge is 0.308 e. The molecule has 38 heavy (non-hydrogen) atoms. The summed E-state index contributed by atoms with van der Waals surface area (Å²) in [7, 11) is 0. The molecule has 2 aliphatic rings. The molecular weight excluding hydrogens is 499 g/mol. The lowest BCUT2D eigenvalue weighted by Gasteiger charge is -2.26. The summed E-state index contributed by atoms with van der Waals surface area (Å²) in [5, 5.41) is 9.25. The minimum atomic E-state index is -1.24. The number of hydrogen-bond donors (Lipinski definition) is 1. The highest BCUT2D eigenvalue weighted by molar-refractivity contribution is 5.89. The lowest BCUT2D eigenvalue weighted by Crippen LogP contribution is -2.25. The van der Waals surface area contributed by atoms with E-state index in [1.165, 1.54) is 6.33 Å². The number of anilines is 2. The van der Waals surface area contributed by atoms with Crippen LogP contribution in [0, 0.1) is 17.6 Å². The summed E-state index contributed by atoms with van der Waals surface area (Å²) >= 11 is 0. The average Bonchev–Trinajstić information content (AvgIpc) is 3.57. The second-order valence-corrected chi connectivity index (χ2v) is 9.47. The first-order chi connectivity index (χ1) is 18.4. The SMILES string of the molecule is O=C(O)[C@@H]1CCN(c2ncc(-c3ncnc4ccc(N5C[C@@H](F)C[C@@H]5c5cc(F)ccc5F)nc34)cn2)C1. The van der Waals surface area contributed by atoms with E-state index in [0.717, 1.165) is 18.2 Å². The van der Waals surface area contributed by atoms with Crippen molar-refractivity contribution in [3.8, 4) is 11.3 Å². The first-order valence-corrected chi connectivity index (χ1v) is 12.1. The number of aromatic nitrogens is 5. The van der Waals surface area contributed by atoms with Crippen LogP contribution in [0.25, 0.3) is 22.3 Å². The van der Waals surface area contributed by atoms with Crippen molar-refractivity contribution in [3.63, 3.8) is 0 Å². The number of carboxylic acid groups (broad SMARTS) is 1. The lowest BCUT2D eigenvalue weighted by atomic mass is 10.0. The molecule has 194 valence electrons. The van der Waals surface area contributed by atoms with Gasteiger partial charge in [0.1, 0.15) is 41.2 Å². The molecule has 2 aliphatic heterocycles. The van der Waals surface area contributed by atoms with Gasteiger partial charge in [0.05, 0.1) is 24.0 Å². The number of nitrogens with zero attached hydrogens (tertiary/aromatic N) is 7. The van der Waals surface area contributed by atoms with Crippen LogP contribution in [0.1, 0.15) is 24.4 Å². The third-order valence-corrected chi connectivity index (χ3v) is 7.06. The zero-order valence-electron chi connectivity index (χ0n) is 20.0. The van der Waals surface area contributed by atoms with Crippen LogP contribution in [-0.2, 0) is 4.79 Å². The monoisotopic (exact) mass is 521 g/mol. The predicted octanol–water partition coefficient (Wildman–Crippen LogP) is 3.96. The number of hydrogen-bond acceptors (Lipinski definition) is 8. The van der Waals surface area contributed by atoms with Gasteiger partial charge in [0.25, 0.3) is 0 Å². The Balaban J connectivity index is 1.34. The highest BCUT2D eigenvalue weighted by Crippen LogP contribution is 2.39. The summed E-state index contributed by atoms with van der Waals surface area (Å²) in [6.07, 6.45) is 3.87. The second kappa shape index (κ2) is 9.51. The minimum Gasteiger partial charge on any atom is -0.481 e. The van der Waals surface area contributed by atoms with Crippen molar-refractivity contribution in [1.82, 2.24) is 24.9 Å². The molecule has 0 radical (unpaired) electrons. The Bertz CT molecular complexity index is 1520. The van der Waals surface area contributed by atoms with Gasteiger partial charge in [-0.2, -0.15) is 0 Å². The molecule has 5 heterocycles. The van der Waals surface area contributed by atoms with Gasteiger partial charge in [0.15, 0.2) is 0 Å². The quantitative estimate of drug-likeness (QED) is 0.417. The number of alkyl halides is 1. The van der Waals surface area contributed by atoms with Crippen molar-refractivity contribution in [2.45, 2.75) is 25.1 Å². The van der Waals surface area contributed by atoms with Crippen LogP contribution in [0.3, 0.4) is 0 Å². The largest absolute Gasteiger partial charge is 0.481 e. The van der Waals surface area contributed by atoms with Crippen LogP contribution in [0.5, 0.6) is 0 Å². The van der Waals surface area contributed by atoms with E-state index in [2.05, 4.69) is 19.9 Å². The molecule has 2 fully saturated rings. The number of halogens is 3. The topological polar surface area (TPSA) is 108 Å². The molecule has 12 heteroatoms. The van der Waals surface area contributed by atoms with Crippen LogP contribution in [0.2, 0.25) is 0 Å². The van der Waals surface area contributed by atoms with Crippen molar-refractivity contribution in [3.05, 3.63) is 66.3 Å². The lowest BCUT2D eigenvalue weighted by molar-refractivity contribution is -0.140. The molecule has 0 saturated carbocycles. The number of fused-ring (bicyclic) bond motifs is 1. The van der Waals surface area contributed by atoms with Gasteiger partial charge in [0, 0.05) is 43.0 Å². The van der Waals surface area contributed by atoms with Gasteiger partial charge < -0.3 is 14.9 Å². The Morgan fingerprint density at radius 1 is 1.03 bits per heavy atom. The molecule has 4 aromatic rings. The zero-order valence-corrected chi connectivity index (χ0v) is 20.0. The van der Waals surface area contributed by atoms with Gasteiger partial charge in [-0.1, -0.05) is 0 Å². The average molecular weight is 522 g/mol. The van der Waals surface area contributed by atoms with Crippen molar-refractivity contribution in [1.29, 1.82) is 0 Å². The minimum absolute atomic E-state index is 0.00672. The molecule has 0 amide bonds. The van der Waals surface area contributed by atoms with Crippen LogP contribution >= 0.6 is 0 Å². The maximum atomic E-state index is 14.6. The Labute approximate surface area is 215 Å². The summed E-state index contributed by atoms with van der Waals surface area (Å²) in [5.74, 6) is -1.68. The third kappa shape index (κ3) is 4.35. The highest BCUT2D eigenvalue weighted by atomic mass is 19.1. The normalized spacial score (nSPS) is 21.4. The maximum Gasteiger partial charge on any atom is 0.308 e. The van der Waals surface area contributed by atoms with E-state index in [4.69, 9.17) is 4.98 Å².